The average molecular weight is 228 g/mol. The third-order valence-electron chi connectivity index (χ3n) is 4.07. The van der Waals surface area contributed by atoms with Crippen LogP contribution in [-0.2, 0) is 0 Å². The van der Waals surface area contributed by atoms with Gasteiger partial charge in [-0.25, -0.2) is 0 Å². The lowest BCUT2D eigenvalue weighted by molar-refractivity contribution is -0.0305. The molecule has 0 aliphatic carbocycles. The molecular formula is C12H24N2O2. The van der Waals surface area contributed by atoms with Gasteiger partial charge < -0.3 is 10.2 Å². The van der Waals surface area contributed by atoms with E-state index < -0.39 is 0 Å². The molecule has 0 aromatic heterocycles. The predicted octanol–water partition coefficient (Wildman–Crippen LogP) is 0.295. The molecular weight excluding hydrogens is 204 g/mol. The molecule has 4 heteroatoms. The second-order valence-corrected chi connectivity index (χ2v) is 5.11. The van der Waals surface area contributed by atoms with Gasteiger partial charge in [0.15, 0.2) is 0 Å². The highest BCUT2D eigenvalue weighted by molar-refractivity contribution is 4.92. The fourth-order valence-corrected chi connectivity index (χ4v) is 3.07. The Hall–Kier alpha value is -0.160. The van der Waals surface area contributed by atoms with Crippen LogP contribution in [0.3, 0.4) is 0 Å². The minimum absolute atomic E-state index is 0.00708. The Balaban J connectivity index is 2.00. The van der Waals surface area contributed by atoms with Crippen LogP contribution in [0.15, 0.2) is 0 Å². The van der Waals surface area contributed by atoms with E-state index in [4.69, 9.17) is 0 Å². The SMILES string of the molecule is OCCC1(N2CCC(O)CC2)CCCCN1. The van der Waals surface area contributed by atoms with E-state index in [0.717, 1.165) is 45.3 Å². The Morgan fingerprint density at radius 2 is 2.00 bits per heavy atom. The quantitative estimate of drug-likeness (QED) is 0.650. The van der Waals surface area contributed by atoms with Crippen LogP contribution in [0.1, 0.15) is 38.5 Å². The summed E-state index contributed by atoms with van der Waals surface area (Å²) < 4.78 is 0. The lowest BCUT2D eigenvalue weighted by Crippen LogP contribution is -2.63. The smallest absolute Gasteiger partial charge is 0.0734 e. The summed E-state index contributed by atoms with van der Waals surface area (Å²) >= 11 is 0. The topological polar surface area (TPSA) is 55.7 Å². The molecule has 1 unspecified atom stereocenters. The van der Waals surface area contributed by atoms with Crippen molar-refractivity contribution in [2.24, 2.45) is 0 Å². The van der Waals surface area contributed by atoms with Crippen LogP contribution in [0.4, 0.5) is 0 Å². The first kappa shape index (κ1) is 12.3. The van der Waals surface area contributed by atoms with Crippen LogP contribution in [-0.4, -0.2) is 53.1 Å². The van der Waals surface area contributed by atoms with E-state index in [1.807, 2.05) is 0 Å². The van der Waals surface area contributed by atoms with Gasteiger partial charge in [-0.1, -0.05) is 0 Å². The van der Waals surface area contributed by atoms with Crippen molar-refractivity contribution in [3.05, 3.63) is 0 Å². The van der Waals surface area contributed by atoms with Gasteiger partial charge in [0.1, 0.15) is 0 Å². The number of nitrogens with zero attached hydrogens (tertiary/aromatic N) is 1. The molecule has 2 aliphatic rings. The van der Waals surface area contributed by atoms with Crippen LogP contribution in [0.25, 0.3) is 0 Å². The number of likely N-dealkylation sites (tertiary alicyclic amines) is 1. The van der Waals surface area contributed by atoms with E-state index in [1.54, 1.807) is 0 Å². The molecule has 2 saturated heterocycles. The molecule has 2 heterocycles. The van der Waals surface area contributed by atoms with Crippen molar-refractivity contribution < 1.29 is 10.2 Å². The van der Waals surface area contributed by atoms with Gasteiger partial charge in [-0.15, -0.1) is 0 Å². The first-order valence-corrected chi connectivity index (χ1v) is 6.56. The third-order valence-corrected chi connectivity index (χ3v) is 4.07. The van der Waals surface area contributed by atoms with Crippen LogP contribution < -0.4 is 5.32 Å². The van der Waals surface area contributed by atoms with Crippen LogP contribution in [0, 0.1) is 0 Å². The Labute approximate surface area is 97.6 Å². The monoisotopic (exact) mass is 228 g/mol. The number of hydrogen-bond donors (Lipinski definition) is 3. The highest BCUT2D eigenvalue weighted by Crippen LogP contribution is 2.29. The van der Waals surface area contributed by atoms with Gasteiger partial charge in [0, 0.05) is 26.1 Å². The number of hydrogen-bond acceptors (Lipinski definition) is 4. The maximum Gasteiger partial charge on any atom is 0.0734 e. The Kier molecular flexibility index (Phi) is 4.19. The second-order valence-electron chi connectivity index (χ2n) is 5.11. The molecule has 0 amide bonds. The van der Waals surface area contributed by atoms with Crippen molar-refractivity contribution in [2.45, 2.75) is 50.3 Å². The third kappa shape index (κ3) is 2.56. The molecule has 2 rings (SSSR count). The summed E-state index contributed by atoms with van der Waals surface area (Å²) in [6, 6.07) is 0. The van der Waals surface area contributed by atoms with Gasteiger partial charge in [0.05, 0.1) is 11.8 Å². The molecule has 0 aromatic rings. The molecule has 0 saturated carbocycles. The summed E-state index contributed by atoms with van der Waals surface area (Å²) in [7, 11) is 0. The summed E-state index contributed by atoms with van der Waals surface area (Å²) in [5, 5.41) is 22.4. The van der Waals surface area contributed by atoms with Gasteiger partial charge in [-0.05, 0) is 38.6 Å². The van der Waals surface area contributed by atoms with Crippen molar-refractivity contribution >= 4 is 0 Å². The minimum Gasteiger partial charge on any atom is -0.396 e. The first-order valence-electron chi connectivity index (χ1n) is 6.56. The summed E-state index contributed by atoms with van der Waals surface area (Å²) in [5.41, 5.74) is 0.00708. The molecule has 1 atom stereocenters. The van der Waals surface area contributed by atoms with Crippen molar-refractivity contribution in [1.29, 1.82) is 0 Å². The summed E-state index contributed by atoms with van der Waals surface area (Å²) in [5.74, 6) is 0. The molecule has 4 nitrogen and oxygen atoms in total. The zero-order valence-corrected chi connectivity index (χ0v) is 9.99. The zero-order chi connectivity index (χ0) is 11.4. The normalized spacial score (nSPS) is 34.1. The number of aliphatic hydroxyl groups is 2. The fourth-order valence-electron chi connectivity index (χ4n) is 3.07. The molecule has 16 heavy (non-hydrogen) atoms. The Bertz CT molecular complexity index is 204. The fraction of sp³-hybridized carbons (Fsp3) is 1.00. The number of piperidine rings is 2. The number of aliphatic hydroxyl groups excluding tert-OH is 2. The Morgan fingerprint density at radius 1 is 1.25 bits per heavy atom. The Morgan fingerprint density at radius 3 is 2.56 bits per heavy atom. The summed E-state index contributed by atoms with van der Waals surface area (Å²) in [6.45, 7) is 3.20. The molecule has 2 fully saturated rings. The van der Waals surface area contributed by atoms with Crippen LogP contribution in [0.2, 0.25) is 0 Å². The maximum absolute atomic E-state index is 9.54. The highest BCUT2D eigenvalue weighted by Gasteiger charge is 2.38. The van der Waals surface area contributed by atoms with E-state index in [2.05, 4.69) is 10.2 Å². The molecule has 2 aliphatic heterocycles. The first-order chi connectivity index (χ1) is 7.77. The van der Waals surface area contributed by atoms with Gasteiger partial charge in [-0.2, -0.15) is 0 Å². The number of rotatable bonds is 3. The summed E-state index contributed by atoms with van der Waals surface area (Å²) in [4.78, 5) is 2.44. The van der Waals surface area contributed by atoms with Gasteiger partial charge in [0.2, 0.25) is 0 Å². The second kappa shape index (κ2) is 5.45. The maximum atomic E-state index is 9.54. The van der Waals surface area contributed by atoms with Gasteiger partial charge in [-0.3, -0.25) is 10.2 Å². The van der Waals surface area contributed by atoms with E-state index in [9.17, 15) is 10.2 Å². The predicted molar refractivity (Wildman–Crippen MR) is 63.1 cm³/mol. The van der Waals surface area contributed by atoms with Gasteiger partial charge >= 0.3 is 0 Å². The molecule has 94 valence electrons. The molecule has 0 radical (unpaired) electrons. The van der Waals surface area contributed by atoms with Crippen molar-refractivity contribution in [2.75, 3.05) is 26.2 Å². The largest absolute Gasteiger partial charge is 0.396 e. The van der Waals surface area contributed by atoms with E-state index in [1.165, 1.54) is 12.8 Å². The molecule has 0 aromatic carbocycles. The van der Waals surface area contributed by atoms with Crippen LogP contribution in [0.5, 0.6) is 0 Å². The van der Waals surface area contributed by atoms with Crippen LogP contribution >= 0.6 is 0 Å². The number of nitrogens with one attached hydrogen (secondary N) is 1. The van der Waals surface area contributed by atoms with Crippen molar-refractivity contribution in [1.82, 2.24) is 10.2 Å². The van der Waals surface area contributed by atoms with E-state index in [0.29, 0.717) is 0 Å². The molecule has 0 spiro atoms. The summed E-state index contributed by atoms with van der Waals surface area (Å²) in [6.07, 6.45) is 6.04. The van der Waals surface area contributed by atoms with Crippen molar-refractivity contribution in [3.8, 4) is 0 Å². The lowest BCUT2D eigenvalue weighted by Gasteiger charge is -2.49. The minimum atomic E-state index is -0.119. The lowest BCUT2D eigenvalue weighted by atomic mass is 9.90. The van der Waals surface area contributed by atoms with E-state index >= 15 is 0 Å². The average Bonchev–Trinajstić information content (AvgIpc) is 2.31. The van der Waals surface area contributed by atoms with E-state index in [-0.39, 0.29) is 18.4 Å². The molecule has 3 N–H and O–H groups in total. The molecule has 0 bridgehead atoms. The zero-order valence-electron chi connectivity index (χ0n) is 9.99. The standard InChI is InChI=1S/C12H24N2O2/c15-10-6-12(5-1-2-7-13-12)14-8-3-11(16)4-9-14/h11,13,15-16H,1-10H2. The highest BCUT2D eigenvalue weighted by atomic mass is 16.3. The van der Waals surface area contributed by atoms with Gasteiger partial charge in [0.25, 0.3) is 0 Å². The van der Waals surface area contributed by atoms with Crippen molar-refractivity contribution in [3.63, 3.8) is 0 Å².